The fourth-order valence-electron chi connectivity index (χ4n) is 5.12. The maximum absolute atomic E-state index is 12.9. The first-order valence-corrected chi connectivity index (χ1v) is 10.8. The highest BCUT2D eigenvalue weighted by molar-refractivity contribution is 5.80. The maximum Gasteiger partial charge on any atom is 0.228 e. The molecule has 0 aromatic rings. The molecule has 1 atom stereocenters. The molecule has 0 radical (unpaired) electrons. The molecule has 0 bridgehead atoms. The van der Waals surface area contributed by atoms with Gasteiger partial charge in [-0.3, -0.25) is 14.6 Å². The second-order valence-electron chi connectivity index (χ2n) is 9.42. The number of aliphatic hydroxyl groups is 1. The van der Waals surface area contributed by atoms with Gasteiger partial charge in [-0.05, 0) is 51.4 Å². The zero-order chi connectivity index (χ0) is 18.8. The predicted molar refractivity (Wildman–Crippen MR) is 105 cm³/mol. The number of aliphatic hydroxyl groups excluding tert-OH is 1. The van der Waals surface area contributed by atoms with E-state index in [0.29, 0.717) is 12.1 Å². The van der Waals surface area contributed by atoms with Gasteiger partial charge in [0.2, 0.25) is 5.91 Å². The van der Waals surface area contributed by atoms with Gasteiger partial charge in [0.25, 0.3) is 0 Å². The third-order valence-corrected chi connectivity index (χ3v) is 7.20. The average molecular weight is 366 g/mol. The van der Waals surface area contributed by atoms with E-state index in [4.69, 9.17) is 0 Å². The van der Waals surface area contributed by atoms with Crippen LogP contribution in [0.3, 0.4) is 0 Å². The Balaban J connectivity index is 1.50. The molecule has 5 nitrogen and oxygen atoms in total. The van der Waals surface area contributed by atoms with Crippen LogP contribution < -0.4 is 0 Å². The van der Waals surface area contributed by atoms with Crippen LogP contribution in [-0.4, -0.2) is 83.2 Å². The van der Waals surface area contributed by atoms with Gasteiger partial charge in [-0.25, -0.2) is 0 Å². The zero-order valence-corrected chi connectivity index (χ0v) is 17.2. The summed E-state index contributed by atoms with van der Waals surface area (Å²) in [6, 6.07) is 1.15. The maximum atomic E-state index is 12.9. The number of amides is 1. The quantitative estimate of drug-likeness (QED) is 0.810. The largest absolute Gasteiger partial charge is 0.394 e. The third kappa shape index (κ3) is 4.26. The van der Waals surface area contributed by atoms with E-state index in [0.717, 1.165) is 44.6 Å². The number of rotatable bonds is 5. The van der Waals surface area contributed by atoms with Crippen molar-refractivity contribution >= 4 is 5.91 Å². The summed E-state index contributed by atoms with van der Waals surface area (Å²) in [4.78, 5) is 19.8. The Morgan fingerprint density at radius 3 is 2.19 bits per heavy atom. The van der Waals surface area contributed by atoms with Crippen LogP contribution in [0.25, 0.3) is 0 Å². The minimum absolute atomic E-state index is 0.0211. The van der Waals surface area contributed by atoms with E-state index in [9.17, 15) is 9.90 Å². The number of carbonyl (C=O) groups is 1. The van der Waals surface area contributed by atoms with Crippen LogP contribution in [0.1, 0.15) is 53.4 Å². The standard InChI is InChI=1S/C21H39N3O2/c1-15(2)17-5-7-19(8-6-17)22-9-10-24(20(13-22)14-25)21(26)18-11-23(12-18)16(3)4/h15-20,25H,5-14H2,1-4H3/t17?,19?,20-/m1/s1. The van der Waals surface area contributed by atoms with Crippen LogP contribution >= 0.6 is 0 Å². The third-order valence-electron chi connectivity index (χ3n) is 7.20. The van der Waals surface area contributed by atoms with Crippen molar-refractivity contribution in [3.05, 3.63) is 0 Å². The number of hydrogen-bond acceptors (Lipinski definition) is 4. The zero-order valence-electron chi connectivity index (χ0n) is 17.2. The summed E-state index contributed by atoms with van der Waals surface area (Å²) in [5, 5.41) is 9.92. The molecule has 2 heterocycles. The van der Waals surface area contributed by atoms with E-state index < -0.39 is 0 Å². The summed E-state index contributed by atoms with van der Waals surface area (Å²) in [6.45, 7) is 13.5. The van der Waals surface area contributed by atoms with Gasteiger partial charge < -0.3 is 10.0 Å². The van der Waals surface area contributed by atoms with Crippen LogP contribution in [0, 0.1) is 17.8 Å². The molecule has 0 spiro atoms. The molecule has 0 unspecified atom stereocenters. The fraction of sp³-hybridized carbons (Fsp3) is 0.952. The van der Waals surface area contributed by atoms with Crippen molar-refractivity contribution in [1.29, 1.82) is 0 Å². The van der Waals surface area contributed by atoms with Gasteiger partial charge in [0.05, 0.1) is 18.6 Å². The molecule has 2 aliphatic heterocycles. The summed E-state index contributed by atoms with van der Waals surface area (Å²) in [5.41, 5.74) is 0. The molecule has 150 valence electrons. The van der Waals surface area contributed by atoms with Gasteiger partial charge in [-0.1, -0.05) is 13.8 Å². The Bertz CT molecular complexity index is 468. The monoisotopic (exact) mass is 365 g/mol. The van der Waals surface area contributed by atoms with E-state index in [1.165, 1.54) is 25.7 Å². The Morgan fingerprint density at radius 1 is 1.00 bits per heavy atom. The van der Waals surface area contributed by atoms with Crippen LogP contribution in [0.15, 0.2) is 0 Å². The summed E-state index contributed by atoms with van der Waals surface area (Å²) < 4.78 is 0. The summed E-state index contributed by atoms with van der Waals surface area (Å²) in [5.74, 6) is 2.08. The molecule has 3 aliphatic rings. The number of piperazine rings is 1. The highest BCUT2D eigenvalue weighted by atomic mass is 16.3. The normalized spacial score (nSPS) is 32.3. The molecule has 5 heteroatoms. The highest BCUT2D eigenvalue weighted by Crippen LogP contribution is 2.33. The molecule has 0 aromatic carbocycles. The molecular weight excluding hydrogens is 326 g/mol. The van der Waals surface area contributed by atoms with Gasteiger partial charge in [-0.2, -0.15) is 0 Å². The lowest BCUT2D eigenvalue weighted by atomic mass is 9.79. The lowest BCUT2D eigenvalue weighted by Gasteiger charge is -2.49. The Labute approximate surface area is 159 Å². The molecule has 1 aliphatic carbocycles. The van der Waals surface area contributed by atoms with Crippen molar-refractivity contribution in [3.8, 4) is 0 Å². The first-order chi connectivity index (χ1) is 12.4. The SMILES string of the molecule is CC(C)C1CCC(N2CCN(C(=O)C3CN(C(C)C)C3)[C@@H](CO)C2)CC1. The van der Waals surface area contributed by atoms with Crippen molar-refractivity contribution in [2.75, 3.05) is 39.3 Å². The van der Waals surface area contributed by atoms with Crippen molar-refractivity contribution in [2.24, 2.45) is 17.8 Å². The molecule has 1 N–H and O–H groups in total. The van der Waals surface area contributed by atoms with Crippen LogP contribution in [0.2, 0.25) is 0 Å². The topological polar surface area (TPSA) is 47.0 Å². The molecule has 2 saturated heterocycles. The molecule has 26 heavy (non-hydrogen) atoms. The summed E-state index contributed by atoms with van der Waals surface area (Å²) in [7, 11) is 0. The average Bonchev–Trinajstić information content (AvgIpc) is 2.59. The van der Waals surface area contributed by atoms with Crippen molar-refractivity contribution in [3.63, 3.8) is 0 Å². The van der Waals surface area contributed by atoms with Gasteiger partial charge in [0, 0.05) is 44.8 Å². The van der Waals surface area contributed by atoms with E-state index in [1.54, 1.807) is 0 Å². The summed E-state index contributed by atoms with van der Waals surface area (Å²) >= 11 is 0. The Hall–Kier alpha value is -0.650. The van der Waals surface area contributed by atoms with Gasteiger partial charge in [0.1, 0.15) is 0 Å². The molecule has 0 aromatic heterocycles. The second-order valence-corrected chi connectivity index (χ2v) is 9.42. The molecule has 3 rings (SSSR count). The van der Waals surface area contributed by atoms with Crippen molar-refractivity contribution < 1.29 is 9.90 Å². The van der Waals surface area contributed by atoms with Crippen molar-refractivity contribution in [1.82, 2.24) is 14.7 Å². The Kier molecular flexibility index (Phi) is 6.63. The number of likely N-dealkylation sites (tertiary alicyclic amines) is 1. The van der Waals surface area contributed by atoms with Gasteiger partial charge in [-0.15, -0.1) is 0 Å². The lowest BCUT2D eigenvalue weighted by molar-refractivity contribution is -0.149. The van der Waals surface area contributed by atoms with Crippen LogP contribution in [0.4, 0.5) is 0 Å². The first kappa shape index (κ1) is 20.1. The van der Waals surface area contributed by atoms with Crippen LogP contribution in [0.5, 0.6) is 0 Å². The van der Waals surface area contributed by atoms with Crippen molar-refractivity contribution in [2.45, 2.75) is 71.5 Å². The molecule has 3 fully saturated rings. The van der Waals surface area contributed by atoms with E-state index in [2.05, 4.69) is 37.5 Å². The van der Waals surface area contributed by atoms with E-state index in [-0.39, 0.29) is 24.5 Å². The number of nitrogens with zero attached hydrogens (tertiary/aromatic N) is 3. The minimum atomic E-state index is -0.0211. The minimum Gasteiger partial charge on any atom is -0.394 e. The lowest BCUT2D eigenvalue weighted by Crippen LogP contribution is -2.63. The molecule has 1 saturated carbocycles. The van der Waals surface area contributed by atoms with E-state index in [1.807, 2.05) is 4.90 Å². The number of hydrogen-bond donors (Lipinski definition) is 1. The number of carbonyl (C=O) groups excluding carboxylic acids is 1. The predicted octanol–water partition coefficient (Wildman–Crippen LogP) is 2.05. The Morgan fingerprint density at radius 2 is 1.65 bits per heavy atom. The molecular formula is C21H39N3O2. The second kappa shape index (κ2) is 8.57. The fourth-order valence-corrected chi connectivity index (χ4v) is 5.12. The van der Waals surface area contributed by atoms with Gasteiger partial charge in [0.15, 0.2) is 0 Å². The van der Waals surface area contributed by atoms with Crippen LogP contribution in [-0.2, 0) is 4.79 Å². The highest BCUT2D eigenvalue weighted by Gasteiger charge is 2.41. The first-order valence-electron chi connectivity index (χ1n) is 10.8. The smallest absolute Gasteiger partial charge is 0.228 e. The molecule has 1 amide bonds. The van der Waals surface area contributed by atoms with E-state index >= 15 is 0 Å². The van der Waals surface area contributed by atoms with Gasteiger partial charge >= 0.3 is 0 Å². The summed E-state index contributed by atoms with van der Waals surface area (Å²) in [6.07, 6.45) is 5.22.